The summed E-state index contributed by atoms with van der Waals surface area (Å²) in [5.74, 6) is -0.962. The second-order valence-electron chi connectivity index (χ2n) is 3.26. The van der Waals surface area contributed by atoms with E-state index in [0.717, 1.165) is 0 Å². The van der Waals surface area contributed by atoms with Crippen molar-refractivity contribution in [1.29, 1.82) is 0 Å². The van der Waals surface area contributed by atoms with Crippen LogP contribution < -0.4 is 11.1 Å². The van der Waals surface area contributed by atoms with Gasteiger partial charge in [0.1, 0.15) is 6.04 Å². The number of rotatable bonds is 5. The van der Waals surface area contributed by atoms with Crippen LogP contribution >= 0.6 is 0 Å². The first-order valence-corrected chi connectivity index (χ1v) is 4.33. The van der Waals surface area contributed by atoms with Gasteiger partial charge in [0.05, 0.1) is 6.61 Å². The second-order valence-corrected chi connectivity index (χ2v) is 3.26. The zero-order valence-corrected chi connectivity index (χ0v) is 8.32. The zero-order chi connectivity index (χ0) is 11.1. The number of aliphatic carboxylic acids is 1. The van der Waals surface area contributed by atoms with Gasteiger partial charge in [0.15, 0.2) is 0 Å². The normalized spacial score (nSPS) is 12.3. The molecule has 0 aromatic carbocycles. The smallest absolute Gasteiger partial charge is 0.407 e. The van der Waals surface area contributed by atoms with Gasteiger partial charge in [-0.1, -0.05) is 13.8 Å². The fourth-order valence-electron chi connectivity index (χ4n) is 0.648. The summed E-state index contributed by atoms with van der Waals surface area (Å²) in [5, 5.41) is 10.7. The maximum Gasteiger partial charge on any atom is 0.407 e. The van der Waals surface area contributed by atoms with E-state index in [-0.39, 0.29) is 19.1 Å². The fraction of sp³-hybridized carbons (Fsp3) is 0.750. The highest BCUT2D eigenvalue weighted by molar-refractivity contribution is 5.80. The van der Waals surface area contributed by atoms with Crippen molar-refractivity contribution < 1.29 is 19.4 Å². The molecule has 0 aliphatic carbocycles. The Morgan fingerprint density at radius 3 is 2.43 bits per heavy atom. The Hall–Kier alpha value is -1.30. The summed E-state index contributed by atoms with van der Waals surface area (Å²) in [6.45, 7) is 3.85. The van der Waals surface area contributed by atoms with Gasteiger partial charge >= 0.3 is 12.1 Å². The first-order chi connectivity index (χ1) is 6.47. The molecule has 0 bridgehead atoms. The maximum atomic E-state index is 11.0. The minimum Gasteiger partial charge on any atom is -0.480 e. The fourth-order valence-corrected chi connectivity index (χ4v) is 0.648. The third kappa shape index (κ3) is 5.36. The maximum absolute atomic E-state index is 11.0. The minimum absolute atomic E-state index is 0.161. The lowest BCUT2D eigenvalue weighted by molar-refractivity contribution is -0.139. The molecule has 1 atom stereocenters. The molecule has 0 unspecified atom stereocenters. The summed E-state index contributed by atoms with van der Waals surface area (Å²) in [5.41, 5.74) is 5.13. The molecule has 6 heteroatoms. The van der Waals surface area contributed by atoms with Gasteiger partial charge in [-0.2, -0.15) is 0 Å². The number of amides is 1. The van der Waals surface area contributed by atoms with Crippen molar-refractivity contribution in [2.75, 3.05) is 13.2 Å². The Balaban J connectivity index is 3.85. The molecule has 1 amide bonds. The van der Waals surface area contributed by atoms with E-state index in [1.165, 1.54) is 0 Å². The van der Waals surface area contributed by atoms with Crippen molar-refractivity contribution in [3.63, 3.8) is 0 Å². The minimum atomic E-state index is -1.17. The number of hydrogen-bond donors (Lipinski definition) is 3. The predicted octanol–water partition coefficient (Wildman–Crippen LogP) is -0.219. The van der Waals surface area contributed by atoms with Crippen LogP contribution in [0.5, 0.6) is 0 Å². The molecule has 4 N–H and O–H groups in total. The van der Waals surface area contributed by atoms with Crippen molar-refractivity contribution in [3.8, 4) is 0 Å². The van der Waals surface area contributed by atoms with Crippen LogP contribution in [0.2, 0.25) is 0 Å². The van der Waals surface area contributed by atoms with Gasteiger partial charge in [-0.3, -0.25) is 0 Å². The first kappa shape index (κ1) is 12.7. The Bertz CT molecular complexity index is 206. The van der Waals surface area contributed by atoms with E-state index < -0.39 is 18.1 Å². The molecule has 0 aliphatic heterocycles. The van der Waals surface area contributed by atoms with E-state index in [9.17, 15) is 9.59 Å². The van der Waals surface area contributed by atoms with Crippen molar-refractivity contribution >= 4 is 12.1 Å². The Morgan fingerprint density at radius 2 is 2.07 bits per heavy atom. The molecule has 0 saturated carbocycles. The molecule has 0 fully saturated rings. The van der Waals surface area contributed by atoms with Crippen molar-refractivity contribution in [3.05, 3.63) is 0 Å². The highest BCUT2D eigenvalue weighted by Gasteiger charge is 2.18. The van der Waals surface area contributed by atoms with Crippen LogP contribution in [0.3, 0.4) is 0 Å². The average molecular weight is 204 g/mol. The lowest BCUT2D eigenvalue weighted by Gasteiger charge is -2.13. The van der Waals surface area contributed by atoms with Crippen molar-refractivity contribution in [2.45, 2.75) is 19.9 Å². The summed E-state index contributed by atoms with van der Waals surface area (Å²) >= 11 is 0. The number of ether oxygens (including phenoxy) is 1. The van der Waals surface area contributed by atoms with Crippen LogP contribution in [0.4, 0.5) is 4.79 Å². The average Bonchev–Trinajstić information content (AvgIpc) is 2.10. The molecular weight excluding hydrogens is 188 g/mol. The zero-order valence-electron chi connectivity index (χ0n) is 8.32. The topological polar surface area (TPSA) is 102 Å². The molecule has 0 heterocycles. The van der Waals surface area contributed by atoms with Crippen LogP contribution in [0.25, 0.3) is 0 Å². The van der Waals surface area contributed by atoms with Gasteiger partial charge in [0.25, 0.3) is 0 Å². The summed E-state index contributed by atoms with van der Waals surface area (Å²) in [7, 11) is 0. The van der Waals surface area contributed by atoms with Gasteiger partial charge in [-0.25, -0.2) is 9.59 Å². The standard InChI is InChI=1S/C8H16N2O4/c1-5(2)4-14-8(13)10-6(3-9)7(11)12/h5-6H,3-4,9H2,1-2H3,(H,10,13)(H,11,12)/t6-/m0/s1. The SMILES string of the molecule is CC(C)COC(=O)N[C@@H](CN)C(=O)O. The highest BCUT2D eigenvalue weighted by atomic mass is 16.5. The van der Waals surface area contributed by atoms with Gasteiger partial charge < -0.3 is 20.9 Å². The predicted molar refractivity (Wildman–Crippen MR) is 49.8 cm³/mol. The summed E-state index contributed by atoms with van der Waals surface area (Å²) in [4.78, 5) is 21.4. The Kier molecular flexibility index (Phi) is 5.62. The van der Waals surface area contributed by atoms with Crippen LogP contribution in [0, 0.1) is 5.92 Å². The number of carbonyl (C=O) groups is 2. The Labute approximate surface area is 82.4 Å². The summed E-state index contributed by atoms with van der Waals surface area (Å²) in [6.07, 6.45) is -0.753. The van der Waals surface area contributed by atoms with Gasteiger partial charge in [-0.05, 0) is 5.92 Å². The third-order valence-corrected chi connectivity index (χ3v) is 1.37. The molecule has 0 aliphatic rings. The van der Waals surface area contributed by atoms with Gasteiger partial charge in [-0.15, -0.1) is 0 Å². The van der Waals surface area contributed by atoms with E-state index in [1.54, 1.807) is 0 Å². The number of hydrogen-bond acceptors (Lipinski definition) is 4. The van der Waals surface area contributed by atoms with Crippen LogP contribution in [0.15, 0.2) is 0 Å². The summed E-state index contributed by atoms with van der Waals surface area (Å²) in [6, 6.07) is -1.09. The number of carbonyl (C=O) groups excluding carboxylic acids is 1. The van der Waals surface area contributed by atoms with E-state index in [0.29, 0.717) is 0 Å². The number of carboxylic acids is 1. The first-order valence-electron chi connectivity index (χ1n) is 4.33. The molecule has 0 aromatic rings. The van der Waals surface area contributed by atoms with Gasteiger partial charge in [0.2, 0.25) is 0 Å². The monoisotopic (exact) mass is 204 g/mol. The van der Waals surface area contributed by atoms with Crippen molar-refractivity contribution in [1.82, 2.24) is 5.32 Å². The largest absolute Gasteiger partial charge is 0.480 e. The molecule has 0 rings (SSSR count). The molecular formula is C8H16N2O4. The molecule has 0 spiro atoms. The Morgan fingerprint density at radius 1 is 1.50 bits per heavy atom. The van der Waals surface area contributed by atoms with E-state index >= 15 is 0 Å². The number of nitrogens with two attached hydrogens (primary N) is 1. The summed E-state index contributed by atoms with van der Waals surface area (Å²) < 4.78 is 4.72. The molecule has 0 saturated heterocycles. The van der Waals surface area contributed by atoms with E-state index in [4.69, 9.17) is 15.6 Å². The van der Waals surface area contributed by atoms with Crippen LogP contribution in [0.1, 0.15) is 13.8 Å². The third-order valence-electron chi connectivity index (χ3n) is 1.37. The number of carboxylic acid groups (broad SMARTS) is 1. The number of alkyl carbamates (subject to hydrolysis) is 1. The molecule has 14 heavy (non-hydrogen) atoms. The van der Waals surface area contributed by atoms with E-state index in [2.05, 4.69) is 5.32 Å². The molecule has 82 valence electrons. The molecule has 0 aromatic heterocycles. The van der Waals surface area contributed by atoms with Crippen LogP contribution in [-0.4, -0.2) is 36.4 Å². The van der Waals surface area contributed by atoms with E-state index in [1.807, 2.05) is 13.8 Å². The number of nitrogens with one attached hydrogen (secondary N) is 1. The lowest BCUT2D eigenvalue weighted by atomic mass is 10.2. The quantitative estimate of drug-likeness (QED) is 0.574. The van der Waals surface area contributed by atoms with Crippen LogP contribution in [-0.2, 0) is 9.53 Å². The molecule has 0 radical (unpaired) electrons. The highest BCUT2D eigenvalue weighted by Crippen LogP contribution is 1.93. The van der Waals surface area contributed by atoms with Crippen molar-refractivity contribution in [2.24, 2.45) is 11.7 Å². The molecule has 6 nitrogen and oxygen atoms in total. The lowest BCUT2D eigenvalue weighted by Crippen LogP contribution is -2.46. The van der Waals surface area contributed by atoms with Gasteiger partial charge in [0, 0.05) is 6.54 Å². The second kappa shape index (κ2) is 6.20.